The van der Waals surface area contributed by atoms with Crippen LogP contribution in [0.2, 0.25) is 0 Å². The normalized spacial score (nSPS) is 25.0. The average molecular weight is 127 g/mol. The molecule has 0 aromatic heterocycles. The molecule has 0 spiro atoms. The maximum atomic E-state index is 9.92. The Morgan fingerprint density at radius 2 is 2.78 bits per heavy atom. The van der Waals surface area contributed by atoms with Gasteiger partial charge in [-0.1, -0.05) is 0 Å². The lowest BCUT2D eigenvalue weighted by Gasteiger charge is -1.98. The van der Waals surface area contributed by atoms with Gasteiger partial charge >= 0.3 is 0 Å². The highest BCUT2D eigenvalue weighted by molar-refractivity contribution is 5.53. The van der Waals surface area contributed by atoms with E-state index in [9.17, 15) is 4.79 Å². The number of carbonyl (C=O) groups excluding carboxylic acids is 1. The van der Waals surface area contributed by atoms with Gasteiger partial charge in [0.1, 0.15) is 12.0 Å². The number of rotatable bonds is 2. The van der Waals surface area contributed by atoms with Gasteiger partial charge in [-0.15, -0.1) is 0 Å². The molecule has 1 rings (SSSR count). The van der Waals surface area contributed by atoms with Crippen LogP contribution < -0.4 is 5.48 Å². The van der Waals surface area contributed by atoms with E-state index in [1.54, 1.807) is 0 Å². The second-order valence-corrected chi connectivity index (χ2v) is 2.01. The Hall–Kier alpha value is -0.830. The van der Waals surface area contributed by atoms with Gasteiger partial charge in [-0.25, -0.2) is 0 Å². The topological polar surface area (TPSA) is 38.3 Å². The van der Waals surface area contributed by atoms with Crippen molar-refractivity contribution in [2.45, 2.75) is 19.4 Å². The summed E-state index contributed by atoms with van der Waals surface area (Å²) in [5.41, 5.74) is 2.70. The number of carbonyl (C=O) groups is 1. The monoisotopic (exact) mass is 127 g/mol. The van der Waals surface area contributed by atoms with Crippen molar-refractivity contribution in [3.63, 3.8) is 0 Å². The number of hydrogen-bond acceptors (Lipinski definition) is 3. The molecule has 0 aliphatic carbocycles. The first-order chi connectivity index (χ1) is 4.33. The van der Waals surface area contributed by atoms with Crippen LogP contribution in [0.15, 0.2) is 11.8 Å². The first-order valence-electron chi connectivity index (χ1n) is 2.89. The zero-order valence-electron chi connectivity index (χ0n) is 5.26. The number of nitrogens with one attached hydrogen (secondary N) is 1. The number of hydrogen-bond donors (Lipinski definition) is 1. The molecule has 1 unspecified atom stereocenters. The summed E-state index contributed by atoms with van der Waals surface area (Å²) in [6, 6.07) is 0.236. The molecule has 1 heterocycles. The van der Waals surface area contributed by atoms with Crippen LogP contribution in [0.25, 0.3) is 0 Å². The van der Waals surface area contributed by atoms with Gasteiger partial charge in [-0.05, 0) is 13.0 Å². The summed E-state index contributed by atoms with van der Waals surface area (Å²) >= 11 is 0. The fourth-order valence-corrected chi connectivity index (χ4v) is 0.707. The predicted octanol–water partition coefficient (Wildman–Crippen LogP) is 0.383. The lowest BCUT2D eigenvalue weighted by atomic mass is 10.3. The second-order valence-electron chi connectivity index (χ2n) is 2.01. The molecule has 1 aliphatic rings. The number of aldehydes is 1. The van der Waals surface area contributed by atoms with Crippen LogP contribution in [0.3, 0.4) is 0 Å². The third-order valence-electron chi connectivity index (χ3n) is 1.10. The average Bonchev–Trinajstić information content (AvgIpc) is 2.17. The van der Waals surface area contributed by atoms with Gasteiger partial charge in [-0.3, -0.25) is 0 Å². The van der Waals surface area contributed by atoms with Crippen molar-refractivity contribution >= 4 is 6.29 Å². The molecule has 0 radical (unpaired) electrons. The molecule has 0 saturated carbocycles. The first kappa shape index (κ1) is 6.29. The zero-order valence-corrected chi connectivity index (χ0v) is 5.26. The summed E-state index contributed by atoms with van der Waals surface area (Å²) in [4.78, 5) is 14.8. The third kappa shape index (κ3) is 1.54. The maximum absolute atomic E-state index is 9.92. The van der Waals surface area contributed by atoms with Crippen LogP contribution in [0.4, 0.5) is 0 Å². The van der Waals surface area contributed by atoms with E-state index < -0.39 is 0 Å². The molecule has 0 aromatic carbocycles. The molecule has 0 saturated heterocycles. The van der Waals surface area contributed by atoms with Gasteiger partial charge in [-0.2, -0.15) is 5.48 Å². The molecular formula is C6H9NO2. The number of hydroxylamine groups is 1. The Bertz CT molecular complexity index is 142. The van der Waals surface area contributed by atoms with Gasteiger partial charge < -0.3 is 9.63 Å². The smallest absolute Gasteiger partial charge is 0.129 e. The lowest BCUT2D eigenvalue weighted by molar-refractivity contribution is -0.108. The standard InChI is InChI=1S/C6H9NO2/c1-5-4-6(2-3-8)9-7-5/h3-5,7H,2H2,1H3. The minimum absolute atomic E-state index is 0.236. The Kier molecular flexibility index (Phi) is 1.85. The van der Waals surface area contributed by atoms with E-state index in [0.717, 1.165) is 12.0 Å². The van der Waals surface area contributed by atoms with E-state index in [4.69, 9.17) is 4.84 Å². The molecule has 0 bridgehead atoms. The van der Waals surface area contributed by atoms with Crippen LogP contribution in [-0.2, 0) is 9.63 Å². The van der Waals surface area contributed by atoms with Crippen LogP contribution >= 0.6 is 0 Å². The summed E-state index contributed by atoms with van der Waals surface area (Å²) in [6.07, 6.45) is 3.08. The summed E-state index contributed by atoms with van der Waals surface area (Å²) < 4.78 is 0. The molecule has 3 nitrogen and oxygen atoms in total. The van der Waals surface area contributed by atoms with Crippen molar-refractivity contribution < 1.29 is 9.63 Å². The minimum atomic E-state index is 0.236. The van der Waals surface area contributed by atoms with Crippen LogP contribution in [0.5, 0.6) is 0 Å². The molecule has 1 aliphatic heterocycles. The Morgan fingerprint density at radius 1 is 2.00 bits per heavy atom. The van der Waals surface area contributed by atoms with E-state index in [1.807, 2.05) is 13.0 Å². The van der Waals surface area contributed by atoms with Crippen molar-refractivity contribution in [1.82, 2.24) is 5.48 Å². The maximum Gasteiger partial charge on any atom is 0.129 e. The fourth-order valence-electron chi connectivity index (χ4n) is 0.707. The Balaban J connectivity index is 2.41. The molecule has 50 valence electrons. The van der Waals surface area contributed by atoms with Crippen LogP contribution in [-0.4, -0.2) is 12.3 Å². The zero-order chi connectivity index (χ0) is 6.69. The van der Waals surface area contributed by atoms with Crippen LogP contribution in [0.1, 0.15) is 13.3 Å². The lowest BCUT2D eigenvalue weighted by Crippen LogP contribution is -2.15. The fraction of sp³-hybridized carbons (Fsp3) is 0.500. The van der Waals surface area contributed by atoms with Gasteiger partial charge in [0, 0.05) is 0 Å². The highest BCUT2D eigenvalue weighted by Crippen LogP contribution is 2.08. The Labute approximate surface area is 53.6 Å². The quantitative estimate of drug-likeness (QED) is 0.545. The van der Waals surface area contributed by atoms with Gasteiger partial charge in [0.25, 0.3) is 0 Å². The van der Waals surface area contributed by atoms with Gasteiger partial charge in [0.15, 0.2) is 0 Å². The highest BCUT2D eigenvalue weighted by atomic mass is 16.7. The van der Waals surface area contributed by atoms with E-state index in [-0.39, 0.29) is 6.04 Å². The predicted molar refractivity (Wildman–Crippen MR) is 32.4 cm³/mol. The molecule has 1 atom stereocenters. The molecule has 0 aromatic rings. The SMILES string of the molecule is CC1C=C(CC=O)ON1. The molecular weight excluding hydrogens is 118 g/mol. The molecule has 0 fully saturated rings. The molecule has 3 heteroatoms. The van der Waals surface area contributed by atoms with Crippen molar-refractivity contribution in [3.05, 3.63) is 11.8 Å². The largest absolute Gasteiger partial charge is 0.412 e. The summed E-state index contributed by atoms with van der Waals surface area (Å²) in [6.45, 7) is 1.96. The second kappa shape index (κ2) is 2.64. The number of allylic oxidation sites excluding steroid dienone is 1. The van der Waals surface area contributed by atoms with E-state index in [0.29, 0.717) is 6.42 Å². The molecule has 0 amide bonds. The minimum Gasteiger partial charge on any atom is -0.412 e. The van der Waals surface area contributed by atoms with Crippen molar-refractivity contribution in [2.24, 2.45) is 0 Å². The van der Waals surface area contributed by atoms with E-state index in [1.165, 1.54) is 0 Å². The van der Waals surface area contributed by atoms with Crippen molar-refractivity contribution in [1.29, 1.82) is 0 Å². The highest BCUT2D eigenvalue weighted by Gasteiger charge is 2.10. The van der Waals surface area contributed by atoms with Crippen molar-refractivity contribution in [2.75, 3.05) is 0 Å². The Morgan fingerprint density at radius 3 is 3.22 bits per heavy atom. The molecule has 9 heavy (non-hydrogen) atoms. The van der Waals surface area contributed by atoms with Gasteiger partial charge in [0.2, 0.25) is 0 Å². The van der Waals surface area contributed by atoms with Crippen molar-refractivity contribution in [3.8, 4) is 0 Å². The van der Waals surface area contributed by atoms with Crippen LogP contribution in [0, 0.1) is 0 Å². The first-order valence-corrected chi connectivity index (χ1v) is 2.89. The van der Waals surface area contributed by atoms with Gasteiger partial charge in [0.05, 0.1) is 12.5 Å². The summed E-state index contributed by atoms with van der Waals surface area (Å²) in [7, 11) is 0. The van der Waals surface area contributed by atoms with E-state index >= 15 is 0 Å². The summed E-state index contributed by atoms with van der Waals surface area (Å²) in [5.74, 6) is 0.720. The van der Waals surface area contributed by atoms with E-state index in [2.05, 4.69) is 5.48 Å². The molecule has 1 N–H and O–H groups in total. The third-order valence-corrected chi connectivity index (χ3v) is 1.10. The summed E-state index contributed by atoms with van der Waals surface area (Å²) in [5, 5.41) is 0.